The summed E-state index contributed by atoms with van der Waals surface area (Å²) in [6.45, 7) is 2.46. The first-order chi connectivity index (χ1) is 6.22. The van der Waals surface area contributed by atoms with Gasteiger partial charge in [-0.05, 0) is 28.9 Å². The maximum absolute atomic E-state index is 5.37. The Balaban J connectivity index is 2.45. The summed E-state index contributed by atoms with van der Waals surface area (Å²) in [5.41, 5.74) is 0. The Morgan fingerprint density at radius 3 is 2.92 bits per heavy atom. The first kappa shape index (κ1) is 10.5. The third-order valence-electron chi connectivity index (χ3n) is 1.56. The fourth-order valence-electron chi connectivity index (χ4n) is 0.741. The number of rotatable bonds is 4. The lowest BCUT2D eigenvalue weighted by Gasteiger charge is -2.10. The highest BCUT2D eigenvalue weighted by Gasteiger charge is 2.01. The summed E-state index contributed by atoms with van der Waals surface area (Å²) in [6, 6.07) is 5.55. The second kappa shape index (κ2) is 5.19. The van der Waals surface area contributed by atoms with E-state index in [0.717, 1.165) is 4.60 Å². The molecule has 0 fully saturated rings. The molecule has 1 heterocycles. The molecule has 0 saturated carbocycles. The molecule has 13 heavy (non-hydrogen) atoms. The molecule has 0 aliphatic carbocycles. The normalized spacial score (nSPS) is 12.5. The van der Waals surface area contributed by atoms with Gasteiger partial charge in [0.2, 0.25) is 5.88 Å². The predicted molar refractivity (Wildman–Crippen MR) is 53.9 cm³/mol. The molecular formula is C9H12BrNO2. The average Bonchev–Trinajstić information content (AvgIpc) is 2.14. The molecule has 0 N–H and O–H groups in total. The molecule has 4 heteroatoms. The van der Waals surface area contributed by atoms with Crippen molar-refractivity contribution in [3.8, 4) is 5.88 Å². The molecule has 3 nitrogen and oxygen atoms in total. The van der Waals surface area contributed by atoms with E-state index in [1.165, 1.54) is 0 Å². The minimum absolute atomic E-state index is 0.0841. The van der Waals surface area contributed by atoms with Crippen molar-refractivity contribution in [2.45, 2.75) is 13.0 Å². The van der Waals surface area contributed by atoms with Crippen molar-refractivity contribution in [3.63, 3.8) is 0 Å². The number of methoxy groups -OCH3 is 1. The van der Waals surface area contributed by atoms with Crippen molar-refractivity contribution in [2.24, 2.45) is 0 Å². The molecule has 0 spiro atoms. The van der Waals surface area contributed by atoms with Crippen molar-refractivity contribution >= 4 is 15.9 Å². The maximum Gasteiger partial charge on any atom is 0.214 e. The fraction of sp³-hybridized carbons (Fsp3) is 0.444. The number of halogens is 1. The Morgan fingerprint density at radius 2 is 2.31 bits per heavy atom. The third kappa shape index (κ3) is 3.74. The van der Waals surface area contributed by atoms with E-state index in [1.54, 1.807) is 7.11 Å². The van der Waals surface area contributed by atoms with Crippen molar-refractivity contribution < 1.29 is 9.47 Å². The number of aromatic nitrogens is 1. The number of pyridine rings is 1. The zero-order chi connectivity index (χ0) is 9.68. The molecule has 0 bridgehead atoms. The minimum Gasteiger partial charge on any atom is -0.475 e. The molecule has 0 amide bonds. The monoisotopic (exact) mass is 245 g/mol. The number of hydrogen-bond acceptors (Lipinski definition) is 3. The lowest BCUT2D eigenvalue weighted by Crippen LogP contribution is -2.16. The van der Waals surface area contributed by atoms with E-state index in [0.29, 0.717) is 12.5 Å². The molecule has 0 aromatic carbocycles. The molecule has 1 unspecified atom stereocenters. The van der Waals surface area contributed by atoms with E-state index in [1.807, 2.05) is 25.1 Å². The van der Waals surface area contributed by atoms with Crippen LogP contribution in [0, 0.1) is 0 Å². The van der Waals surface area contributed by atoms with Gasteiger partial charge >= 0.3 is 0 Å². The molecule has 1 aromatic heterocycles. The molecule has 0 saturated heterocycles. The highest BCUT2D eigenvalue weighted by molar-refractivity contribution is 9.10. The fourth-order valence-corrected chi connectivity index (χ4v) is 1.07. The summed E-state index contributed by atoms with van der Waals surface area (Å²) < 4.78 is 11.2. The number of nitrogens with zero attached hydrogens (tertiary/aromatic N) is 1. The van der Waals surface area contributed by atoms with Crippen molar-refractivity contribution in [1.29, 1.82) is 0 Å². The van der Waals surface area contributed by atoms with E-state index in [9.17, 15) is 0 Å². The summed E-state index contributed by atoms with van der Waals surface area (Å²) in [7, 11) is 1.66. The molecule has 1 atom stereocenters. The second-order valence-corrected chi connectivity index (χ2v) is 3.47. The highest BCUT2D eigenvalue weighted by Crippen LogP contribution is 2.12. The maximum atomic E-state index is 5.37. The molecular weight excluding hydrogens is 234 g/mol. The Kier molecular flexibility index (Phi) is 4.18. The topological polar surface area (TPSA) is 31.4 Å². The van der Waals surface area contributed by atoms with E-state index in [4.69, 9.17) is 9.47 Å². The van der Waals surface area contributed by atoms with Gasteiger partial charge < -0.3 is 9.47 Å². The van der Waals surface area contributed by atoms with Gasteiger partial charge in [0, 0.05) is 13.2 Å². The number of hydrogen-bond donors (Lipinski definition) is 0. The Morgan fingerprint density at radius 1 is 1.54 bits per heavy atom. The summed E-state index contributed by atoms with van der Waals surface area (Å²) >= 11 is 3.26. The lowest BCUT2D eigenvalue weighted by atomic mass is 10.4. The van der Waals surface area contributed by atoms with Gasteiger partial charge in [-0.1, -0.05) is 6.07 Å². The van der Waals surface area contributed by atoms with Gasteiger partial charge in [-0.15, -0.1) is 0 Å². The Bertz CT molecular complexity index is 268. The van der Waals surface area contributed by atoms with Crippen LogP contribution in [0.15, 0.2) is 22.8 Å². The van der Waals surface area contributed by atoms with Gasteiger partial charge in [0.1, 0.15) is 11.2 Å². The van der Waals surface area contributed by atoms with E-state index >= 15 is 0 Å². The van der Waals surface area contributed by atoms with Crippen LogP contribution in [0.4, 0.5) is 0 Å². The SMILES string of the molecule is COC(C)COc1cccc(Br)n1. The summed E-state index contributed by atoms with van der Waals surface area (Å²) in [4.78, 5) is 4.12. The van der Waals surface area contributed by atoms with Crippen LogP contribution in [0.25, 0.3) is 0 Å². The first-order valence-electron chi connectivity index (χ1n) is 4.00. The van der Waals surface area contributed by atoms with Crippen LogP contribution in [0.5, 0.6) is 5.88 Å². The molecule has 72 valence electrons. The number of ether oxygens (including phenoxy) is 2. The van der Waals surface area contributed by atoms with Crippen LogP contribution in [0.1, 0.15) is 6.92 Å². The van der Waals surface area contributed by atoms with Gasteiger partial charge in [0.15, 0.2) is 0 Å². The zero-order valence-corrected chi connectivity index (χ0v) is 9.24. The summed E-state index contributed by atoms with van der Waals surface area (Å²) in [5, 5.41) is 0. The Labute approximate surface area is 86.2 Å². The predicted octanol–water partition coefficient (Wildman–Crippen LogP) is 2.26. The first-order valence-corrected chi connectivity index (χ1v) is 4.80. The van der Waals surface area contributed by atoms with Crippen LogP contribution >= 0.6 is 15.9 Å². The largest absolute Gasteiger partial charge is 0.475 e. The Hall–Kier alpha value is -0.610. The van der Waals surface area contributed by atoms with Gasteiger partial charge in [-0.3, -0.25) is 0 Å². The quantitative estimate of drug-likeness (QED) is 0.763. The average molecular weight is 246 g/mol. The third-order valence-corrected chi connectivity index (χ3v) is 2.00. The zero-order valence-electron chi connectivity index (χ0n) is 7.66. The van der Waals surface area contributed by atoms with Crippen molar-refractivity contribution in [3.05, 3.63) is 22.8 Å². The van der Waals surface area contributed by atoms with E-state index in [-0.39, 0.29) is 6.10 Å². The molecule has 0 radical (unpaired) electrons. The van der Waals surface area contributed by atoms with Crippen LogP contribution in [0.3, 0.4) is 0 Å². The smallest absolute Gasteiger partial charge is 0.214 e. The van der Waals surface area contributed by atoms with Gasteiger partial charge in [-0.25, -0.2) is 4.98 Å². The summed E-state index contributed by atoms with van der Waals surface area (Å²) in [6.07, 6.45) is 0.0841. The van der Waals surface area contributed by atoms with Crippen molar-refractivity contribution in [1.82, 2.24) is 4.98 Å². The van der Waals surface area contributed by atoms with E-state index < -0.39 is 0 Å². The second-order valence-electron chi connectivity index (χ2n) is 2.66. The minimum atomic E-state index is 0.0841. The lowest BCUT2D eigenvalue weighted by molar-refractivity contribution is 0.0699. The van der Waals surface area contributed by atoms with E-state index in [2.05, 4.69) is 20.9 Å². The van der Waals surface area contributed by atoms with Crippen LogP contribution in [0.2, 0.25) is 0 Å². The van der Waals surface area contributed by atoms with Gasteiger partial charge in [0.05, 0.1) is 6.10 Å². The van der Waals surface area contributed by atoms with Gasteiger partial charge in [0.25, 0.3) is 0 Å². The van der Waals surface area contributed by atoms with Gasteiger partial charge in [-0.2, -0.15) is 0 Å². The van der Waals surface area contributed by atoms with Crippen LogP contribution < -0.4 is 4.74 Å². The molecule has 1 aromatic rings. The molecule has 0 aliphatic heterocycles. The molecule has 0 aliphatic rings. The highest BCUT2D eigenvalue weighted by atomic mass is 79.9. The van der Waals surface area contributed by atoms with Crippen molar-refractivity contribution in [2.75, 3.05) is 13.7 Å². The van der Waals surface area contributed by atoms with Crippen LogP contribution in [-0.2, 0) is 4.74 Å². The standard InChI is InChI=1S/C9H12BrNO2/c1-7(12-2)6-13-9-5-3-4-8(10)11-9/h3-5,7H,6H2,1-2H3. The van der Waals surface area contributed by atoms with Crippen LogP contribution in [-0.4, -0.2) is 24.8 Å². The summed E-state index contributed by atoms with van der Waals surface area (Å²) in [5.74, 6) is 0.610. The molecule has 1 rings (SSSR count).